The van der Waals surface area contributed by atoms with Crippen LogP contribution < -0.4 is 5.32 Å². The minimum atomic E-state index is 0.287. The Morgan fingerprint density at radius 1 is 1.21 bits per heavy atom. The summed E-state index contributed by atoms with van der Waals surface area (Å²) in [6.07, 6.45) is 0. The topological polar surface area (TPSA) is 61.6 Å². The van der Waals surface area contributed by atoms with Crippen LogP contribution in [0.1, 0.15) is 17.0 Å². The van der Waals surface area contributed by atoms with E-state index in [4.69, 9.17) is 28.5 Å². The molecule has 0 aliphatic heterocycles. The summed E-state index contributed by atoms with van der Waals surface area (Å²) in [6, 6.07) is 7.15. The van der Waals surface area contributed by atoms with Crippen LogP contribution in [0.15, 0.2) is 18.2 Å². The van der Waals surface area contributed by atoms with Crippen molar-refractivity contribution in [2.45, 2.75) is 13.8 Å². The van der Waals surface area contributed by atoms with Crippen LogP contribution >= 0.6 is 23.2 Å². The fourth-order valence-electron chi connectivity index (χ4n) is 1.56. The molecule has 0 amide bonds. The van der Waals surface area contributed by atoms with Gasteiger partial charge in [0.2, 0.25) is 5.95 Å². The van der Waals surface area contributed by atoms with E-state index in [0.29, 0.717) is 27.4 Å². The summed E-state index contributed by atoms with van der Waals surface area (Å²) in [4.78, 5) is 8.26. The quantitative estimate of drug-likeness (QED) is 0.908. The van der Waals surface area contributed by atoms with Crippen LogP contribution in [-0.4, -0.2) is 9.97 Å². The average Bonchev–Trinajstić information content (AvgIpc) is 2.38. The van der Waals surface area contributed by atoms with Gasteiger partial charge in [-0.1, -0.05) is 29.3 Å². The van der Waals surface area contributed by atoms with E-state index in [-0.39, 0.29) is 5.69 Å². The van der Waals surface area contributed by atoms with Gasteiger partial charge in [-0.3, -0.25) is 0 Å². The Labute approximate surface area is 121 Å². The van der Waals surface area contributed by atoms with Gasteiger partial charge in [0, 0.05) is 5.69 Å². The number of nitrogens with zero attached hydrogens (tertiary/aromatic N) is 3. The molecule has 2 aromatic rings. The van der Waals surface area contributed by atoms with Crippen LogP contribution in [0.2, 0.25) is 10.0 Å². The predicted octanol–water partition coefficient (Wildman–Crippen LogP) is 4.02. The molecule has 4 nitrogen and oxygen atoms in total. The molecule has 0 radical (unpaired) electrons. The van der Waals surface area contributed by atoms with E-state index in [9.17, 15) is 0 Å². The largest absolute Gasteiger partial charge is 0.322 e. The molecule has 1 aromatic carbocycles. The first-order valence-corrected chi connectivity index (χ1v) is 6.24. The number of aryl methyl sites for hydroxylation is 2. The predicted molar refractivity (Wildman–Crippen MR) is 76.0 cm³/mol. The second-order valence-corrected chi connectivity index (χ2v) is 4.79. The second-order valence-electron chi connectivity index (χ2n) is 4.01. The number of benzene rings is 1. The van der Waals surface area contributed by atoms with Crippen molar-refractivity contribution in [2.24, 2.45) is 0 Å². The summed E-state index contributed by atoms with van der Waals surface area (Å²) >= 11 is 12.3. The van der Waals surface area contributed by atoms with Crippen molar-refractivity contribution in [1.29, 1.82) is 5.26 Å². The maximum atomic E-state index is 8.89. The molecule has 0 saturated carbocycles. The van der Waals surface area contributed by atoms with Crippen LogP contribution in [0.5, 0.6) is 0 Å². The summed E-state index contributed by atoms with van der Waals surface area (Å²) < 4.78 is 0. The van der Waals surface area contributed by atoms with E-state index >= 15 is 0 Å². The van der Waals surface area contributed by atoms with Gasteiger partial charge in [0.05, 0.1) is 15.7 Å². The Hall–Kier alpha value is -1.83. The van der Waals surface area contributed by atoms with Crippen molar-refractivity contribution in [2.75, 3.05) is 5.32 Å². The summed E-state index contributed by atoms with van der Waals surface area (Å²) in [7, 11) is 0. The Kier molecular flexibility index (Phi) is 3.89. The van der Waals surface area contributed by atoms with Gasteiger partial charge in [0.15, 0.2) is 0 Å². The molecule has 0 aliphatic rings. The first-order chi connectivity index (χ1) is 9.01. The fourth-order valence-corrected chi connectivity index (χ4v) is 2.03. The molecule has 0 bridgehead atoms. The lowest BCUT2D eigenvalue weighted by atomic mass is 10.2. The monoisotopic (exact) mass is 292 g/mol. The van der Waals surface area contributed by atoms with Crippen LogP contribution in [0.4, 0.5) is 11.6 Å². The molecule has 0 atom stereocenters. The molecular weight excluding hydrogens is 283 g/mol. The number of aromatic nitrogens is 2. The van der Waals surface area contributed by atoms with Gasteiger partial charge in [-0.15, -0.1) is 0 Å². The molecule has 1 heterocycles. The summed E-state index contributed by atoms with van der Waals surface area (Å²) in [5, 5.41) is 12.8. The molecule has 6 heteroatoms. The Balaban J connectivity index is 2.45. The molecule has 0 fully saturated rings. The van der Waals surface area contributed by atoms with E-state index in [1.165, 1.54) is 0 Å². The third kappa shape index (κ3) is 2.95. The van der Waals surface area contributed by atoms with Crippen molar-refractivity contribution in [3.05, 3.63) is 45.2 Å². The molecule has 0 saturated heterocycles. The van der Waals surface area contributed by atoms with Gasteiger partial charge in [-0.2, -0.15) is 5.26 Å². The lowest BCUT2D eigenvalue weighted by Crippen LogP contribution is -2.01. The van der Waals surface area contributed by atoms with Gasteiger partial charge >= 0.3 is 0 Å². The molecule has 96 valence electrons. The maximum absolute atomic E-state index is 8.89. The Bertz CT molecular complexity index is 677. The minimum absolute atomic E-state index is 0.287. The number of hydrogen-bond acceptors (Lipinski definition) is 4. The highest BCUT2D eigenvalue weighted by Gasteiger charge is 2.10. The van der Waals surface area contributed by atoms with Crippen molar-refractivity contribution in [1.82, 2.24) is 9.97 Å². The second kappa shape index (κ2) is 5.43. The van der Waals surface area contributed by atoms with Crippen molar-refractivity contribution in [3.63, 3.8) is 0 Å². The average molecular weight is 293 g/mol. The highest BCUT2D eigenvalue weighted by atomic mass is 35.5. The molecular formula is C13H10Cl2N4. The van der Waals surface area contributed by atoms with Crippen molar-refractivity contribution in [3.8, 4) is 6.07 Å². The highest BCUT2D eigenvalue weighted by Crippen LogP contribution is 2.34. The zero-order valence-electron chi connectivity index (χ0n) is 10.3. The molecule has 2 rings (SSSR count). The zero-order valence-corrected chi connectivity index (χ0v) is 11.8. The van der Waals surface area contributed by atoms with Crippen LogP contribution in [0.3, 0.4) is 0 Å². The first kappa shape index (κ1) is 13.6. The van der Waals surface area contributed by atoms with Gasteiger partial charge in [0.25, 0.3) is 0 Å². The van der Waals surface area contributed by atoms with E-state index in [1.807, 2.05) is 19.1 Å². The van der Waals surface area contributed by atoms with E-state index in [2.05, 4.69) is 15.3 Å². The number of hydrogen-bond donors (Lipinski definition) is 1. The minimum Gasteiger partial charge on any atom is -0.322 e. The SMILES string of the molecule is Cc1cc(C#N)nc(Nc2c(Cl)ccc(C)c2Cl)n1. The summed E-state index contributed by atoms with van der Waals surface area (Å²) in [6.45, 7) is 3.66. The highest BCUT2D eigenvalue weighted by molar-refractivity contribution is 6.39. The maximum Gasteiger partial charge on any atom is 0.228 e. The summed E-state index contributed by atoms with van der Waals surface area (Å²) in [5.41, 5.74) is 2.41. The third-order valence-corrected chi connectivity index (χ3v) is 3.29. The van der Waals surface area contributed by atoms with Gasteiger partial charge < -0.3 is 5.32 Å². The lowest BCUT2D eigenvalue weighted by Gasteiger charge is -2.11. The van der Waals surface area contributed by atoms with Crippen LogP contribution in [0, 0.1) is 25.2 Å². The molecule has 0 aliphatic carbocycles. The zero-order chi connectivity index (χ0) is 14.0. The normalized spacial score (nSPS) is 10.1. The number of nitriles is 1. The van der Waals surface area contributed by atoms with Crippen LogP contribution in [0.25, 0.3) is 0 Å². The van der Waals surface area contributed by atoms with Crippen LogP contribution in [-0.2, 0) is 0 Å². The molecule has 1 N–H and O–H groups in total. The standard InChI is InChI=1S/C13H10Cl2N4/c1-7-3-4-10(14)12(11(7)15)19-13-17-8(2)5-9(6-16)18-13/h3-5H,1-2H3,(H,17,18,19). The smallest absolute Gasteiger partial charge is 0.228 e. The van der Waals surface area contributed by atoms with E-state index in [0.717, 1.165) is 5.56 Å². The fraction of sp³-hybridized carbons (Fsp3) is 0.154. The lowest BCUT2D eigenvalue weighted by molar-refractivity contribution is 1.09. The van der Waals surface area contributed by atoms with Gasteiger partial charge in [0.1, 0.15) is 11.8 Å². The van der Waals surface area contributed by atoms with Crippen molar-refractivity contribution < 1.29 is 0 Å². The van der Waals surface area contributed by atoms with E-state index < -0.39 is 0 Å². The first-order valence-electron chi connectivity index (χ1n) is 5.48. The Morgan fingerprint density at radius 3 is 2.63 bits per heavy atom. The van der Waals surface area contributed by atoms with E-state index in [1.54, 1.807) is 19.1 Å². The third-order valence-electron chi connectivity index (χ3n) is 2.49. The van der Waals surface area contributed by atoms with Crippen molar-refractivity contribution >= 4 is 34.8 Å². The Morgan fingerprint density at radius 2 is 1.95 bits per heavy atom. The molecule has 19 heavy (non-hydrogen) atoms. The molecule has 1 aromatic heterocycles. The van der Waals surface area contributed by atoms with Gasteiger partial charge in [-0.25, -0.2) is 9.97 Å². The number of nitrogens with one attached hydrogen (secondary N) is 1. The summed E-state index contributed by atoms with van der Waals surface area (Å²) in [5.74, 6) is 0.297. The molecule has 0 spiro atoms. The molecule has 0 unspecified atom stereocenters. The number of anilines is 2. The number of rotatable bonds is 2. The number of halogens is 2. The van der Waals surface area contributed by atoms with Gasteiger partial charge in [-0.05, 0) is 31.5 Å².